The second kappa shape index (κ2) is 4.58. The van der Waals surface area contributed by atoms with Gasteiger partial charge in [-0.25, -0.2) is 0 Å². The number of anilines is 2. The molecule has 3 rings (SSSR count). The molecule has 0 spiro atoms. The van der Waals surface area contributed by atoms with E-state index in [-0.39, 0.29) is 0 Å². The summed E-state index contributed by atoms with van der Waals surface area (Å²) in [5.74, 6) is 0.656. The molecule has 0 aliphatic heterocycles. The predicted octanol–water partition coefficient (Wildman–Crippen LogP) is 3.42. The Bertz CT molecular complexity index is 677. The van der Waals surface area contributed by atoms with Gasteiger partial charge >= 0.3 is 0 Å². The summed E-state index contributed by atoms with van der Waals surface area (Å²) in [7, 11) is 0. The molecule has 0 unspecified atom stereocenters. The van der Waals surface area contributed by atoms with Gasteiger partial charge in [0.25, 0.3) is 0 Å². The molecule has 1 aromatic carbocycles. The van der Waals surface area contributed by atoms with Crippen LogP contribution in [0.5, 0.6) is 0 Å². The van der Waals surface area contributed by atoms with Gasteiger partial charge in [-0.15, -0.1) is 10.2 Å². The Morgan fingerprint density at radius 1 is 1.00 bits per heavy atom. The first-order chi connectivity index (χ1) is 8.83. The molecule has 18 heavy (non-hydrogen) atoms. The van der Waals surface area contributed by atoms with Gasteiger partial charge in [0.05, 0.1) is 0 Å². The first kappa shape index (κ1) is 10.9. The lowest BCUT2D eigenvalue weighted by Crippen LogP contribution is -1.95. The van der Waals surface area contributed by atoms with Gasteiger partial charge in [0.15, 0.2) is 11.0 Å². The van der Waals surface area contributed by atoms with E-state index in [9.17, 15) is 0 Å². The first-order valence-corrected chi connectivity index (χ1v) is 5.80. The highest BCUT2D eigenvalue weighted by Crippen LogP contribution is 2.24. The molecule has 3 aromatic rings. The zero-order valence-corrected chi connectivity index (χ0v) is 10.1. The van der Waals surface area contributed by atoms with Crippen molar-refractivity contribution in [3.63, 3.8) is 0 Å². The molecule has 0 fully saturated rings. The minimum Gasteiger partial charge on any atom is -0.338 e. The third-order valence-electron chi connectivity index (χ3n) is 2.58. The normalized spacial score (nSPS) is 10.5. The smallest absolute Gasteiger partial charge is 0.153 e. The first-order valence-electron chi connectivity index (χ1n) is 5.42. The van der Waals surface area contributed by atoms with Gasteiger partial charge in [-0.1, -0.05) is 23.7 Å². The molecule has 1 N–H and O–H groups in total. The molecule has 0 bridgehead atoms. The lowest BCUT2D eigenvalue weighted by molar-refractivity contribution is 1.04. The summed E-state index contributed by atoms with van der Waals surface area (Å²) in [6.45, 7) is 0. The summed E-state index contributed by atoms with van der Waals surface area (Å²) < 4.78 is 0. The molecule has 5 heteroatoms. The number of hydrogen-bond acceptors (Lipinski definition) is 4. The lowest BCUT2D eigenvalue weighted by atomic mass is 10.1. The Hall–Kier alpha value is -2.20. The van der Waals surface area contributed by atoms with Gasteiger partial charge < -0.3 is 5.32 Å². The molecular formula is C13H9ClN4. The number of hydrogen-bond donors (Lipinski definition) is 1. The fourth-order valence-corrected chi connectivity index (χ4v) is 1.85. The minimum absolute atomic E-state index is 0.377. The van der Waals surface area contributed by atoms with Crippen molar-refractivity contribution >= 4 is 33.9 Å². The average Bonchev–Trinajstić information content (AvgIpc) is 2.42. The maximum Gasteiger partial charge on any atom is 0.153 e. The largest absolute Gasteiger partial charge is 0.338 e. The summed E-state index contributed by atoms with van der Waals surface area (Å²) in [4.78, 5) is 4.10. The summed E-state index contributed by atoms with van der Waals surface area (Å²) in [6.07, 6.45) is 3.59. The minimum atomic E-state index is 0.377. The van der Waals surface area contributed by atoms with Gasteiger partial charge in [0, 0.05) is 28.9 Å². The van der Waals surface area contributed by atoms with Crippen LogP contribution in [-0.2, 0) is 0 Å². The van der Waals surface area contributed by atoms with Gasteiger partial charge in [0.1, 0.15) is 0 Å². The molecule has 88 valence electrons. The molecule has 4 nitrogen and oxygen atoms in total. The van der Waals surface area contributed by atoms with E-state index in [0.29, 0.717) is 11.0 Å². The fourth-order valence-electron chi connectivity index (χ4n) is 1.75. The van der Waals surface area contributed by atoms with Crippen LogP contribution in [0.2, 0.25) is 5.15 Å². The summed E-state index contributed by atoms with van der Waals surface area (Å²) in [6, 6.07) is 11.4. The van der Waals surface area contributed by atoms with Crippen molar-refractivity contribution in [3.8, 4) is 0 Å². The highest BCUT2D eigenvalue weighted by atomic mass is 35.5. The zero-order valence-electron chi connectivity index (χ0n) is 9.34. The van der Waals surface area contributed by atoms with Crippen LogP contribution < -0.4 is 5.32 Å². The Kier molecular flexibility index (Phi) is 2.78. The zero-order chi connectivity index (χ0) is 12.4. The van der Waals surface area contributed by atoms with E-state index >= 15 is 0 Å². The van der Waals surface area contributed by atoms with Gasteiger partial charge in [-0.3, -0.25) is 4.98 Å². The third kappa shape index (κ3) is 2.10. The van der Waals surface area contributed by atoms with E-state index in [1.165, 1.54) is 0 Å². The van der Waals surface area contributed by atoms with Crippen LogP contribution in [0.4, 0.5) is 11.5 Å². The quantitative estimate of drug-likeness (QED) is 0.763. The molecule has 0 radical (unpaired) electrons. The summed E-state index contributed by atoms with van der Waals surface area (Å²) >= 11 is 5.70. The average molecular weight is 257 g/mol. The van der Waals surface area contributed by atoms with Crippen LogP contribution in [-0.4, -0.2) is 15.2 Å². The monoisotopic (exact) mass is 256 g/mol. The number of benzene rings is 1. The molecule has 0 amide bonds. The van der Waals surface area contributed by atoms with Crippen LogP contribution in [0.3, 0.4) is 0 Å². The predicted molar refractivity (Wildman–Crippen MR) is 72.1 cm³/mol. The van der Waals surface area contributed by atoms with Crippen LogP contribution in [0, 0.1) is 0 Å². The Labute approximate surface area is 109 Å². The standard InChI is InChI=1S/C13H9ClN4/c14-12-4-5-13(18-17-12)16-11-3-1-2-9-8-15-7-6-10(9)11/h1-8H,(H,16,18). The second-order valence-electron chi connectivity index (χ2n) is 3.77. The number of halogens is 1. The molecular weight excluding hydrogens is 248 g/mol. The van der Waals surface area contributed by atoms with Crippen molar-refractivity contribution in [3.05, 3.63) is 53.9 Å². The molecule has 0 atom stereocenters. The van der Waals surface area contributed by atoms with Gasteiger partial charge in [0.2, 0.25) is 0 Å². The SMILES string of the molecule is Clc1ccc(Nc2cccc3cnccc23)nn1. The fraction of sp³-hybridized carbons (Fsp3) is 0. The van der Waals surface area contributed by atoms with Crippen LogP contribution in [0.25, 0.3) is 10.8 Å². The third-order valence-corrected chi connectivity index (χ3v) is 2.78. The van der Waals surface area contributed by atoms with E-state index in [0.717, 1.165) is 16.5 Å². The maximum atomic E-state index is 5.70. The van der Waals surface area contributed by atoms with Gasteiger partial charge in [-0.05, 0) is 24.3 Å². The van der Waals surface area contributed by atoms with Crippen LogP contribution in [0.15, 0.2) is 48.8 Å². The molecule has 0 aliphatic rings. The number of nitrogens with one attached hydrogen (secondary N) is 1. The van der Waals surface area contributed by atoms with Crippen molar-refractivity contribution in [2.24, 2.45) is 0 Å². The molecule has 2 heterocycles. The Morgan fingerprint density at radius 2 is 1.94 bits per heavy atom. The number of aromatic nitrogens is 3. The Morgan fingerprint density at radius 3 is 2.78 bits per heavy atom. The number of pyridine rings is 1. The molecule has 0 saturated heterocycles. The number of fused-ring (bicyclic) bond motifs is 1. The van der Waals surface area contributed by atoms with E-state index in [2.05, 4.69) is 20.5 Å². The van der Waals surface area contributed by atoms with Crippen molar-refractivity contribution in [1.82, 2.24) is 15.2 Å². The number of nitrogens with zero attached hydrogens (tertiary/aromatic N) is 3. The lowest BCUT2D eigenvalue weighted by Gasteiger charge is -2.08. The molecule has 0 saturated carbocycles. The highest BCUT2D eigenvalue weighted by Gasteiger charge is 2.02. The van der Waals surface area contributed by atoms with Crippen LogP contribution >= 0.6 is 11.6 Å². The highest BCUT2D eigenvalue weighted by molar-refractivity contribution is 6.29. The van der Waals surface area contributed by atoms with Crippen molar-refractivity contribution in [1.29, 1.82) is 0 Å². The number of rotatable bonds is 2. The van der Waals surface area contributed by atoms with Crippen molar-refractivity contribution in [2.45, 2.75) is 0 Å². The second-order valence-corrected chi connectivity index (χ2v) is 4.16. The van der Waals surface area contributed by atoms with E-state index < -0.39 is 0 Å². The maximum absolute atomic E-state index is 5.70. The summed E-state index contributed by atoms with van der Waals surface area (Å²) in [5.41, 5.74) is 0.964. The van der Waals surface area contributed by atoms with Crippen LogP contribution in [0.1, 0.15) is 0 Å². The topological polar surface area (TPSA) is 50.7 Å². The van der Waals surface area contributed by atoms with Crippen molar-refractivity contribution in [2.75, 3.05) is 5.32 Å². The molecule has 2 aromatic heterocycles. The van der Waals surface area contributed by atoms with Gasteiger partial charge in [-0.2, -0.15) is 0 Å². The Balaban J connectivity index is 2.02. The van der Waals surface area contributed by atoms with E-state index in [4.69, 9.17) is 11.6 Å². The van der Waals surface area contributed by atoms with E-state index in [1.807, 2.05) is 30.5 Å². The summed E-state index contributed by atoms with van der Waals surface area (Å²) in [5, 5.41) is 13.5. The van der Waals surface area contributed by atoms with E-state index in [1.54, 1.807) is 18.3 Å². The molecule has 0 aliphatic carbocycles. The van der Waals surface area contributed by atoms with Crippen molar-refractivity contribution < 1.29 is 0 Å².